The van der Waals surface area contributed by atoms with Crippen LogP contribution in [0.15, 0.2) is 12.3 Å². The molecule has 1 N–H and O–H groups in total. The SMILES string of the molecule is CNc1cc([C@H](C)C2CCCC2)nc2c(C)cnn12. The summed E-state index contributed by atoms with van der Waals surface area (Å²) < 4.78 is 1.89. The van der Waals surface area contributed by atoms with Gasteiger partial charge in [-0.05, 0) is 25.7 Å². The van der Waals surface area contributed by atoms with Crippen LogP contribution in [0.2, 0.25) is 0 Å². The molecule has 2 aromatic heterocycles. The predicted molar refractivity (Wildman–Crippen MR) is 77.6 cm³/mol. The van der Waals surface area contributed by atoms with Crippen LogP contribution < -0.4 is 5.32 Å². The monoisotopic (exact) mass is 258 g/mol. The van der Waals surface area contributed by atoms with E-state index < -0.39 is 0 Å². The van der Waals surface area contributed by atoms with Gasteiger partial charge in [0.05, 0.1) is 6.20 Å². The minimum atomic E-state index is 0.536. The topological polar surface area (TPSA) is 42.2 Å². The lowest BCUT2D eigenvalue weighted by atomic mass is 9.89. The zero-order valence-corrected chi connectivity index (χ0v) is 12.0. The first-order chi connectivity index (χ1) is 9.20. The first-order valence-electron chi connectivity index (χ1n) is 7.23. The molecule has 2 aromatic rings. The van der Waals surface area contributed by atoms with E-state index in [1.54, 1.807) is 0 Å². The second-order valence-corrected chi connectivity index (χ2v) is 5.71. The van der Waals surface area contributed by atoms with Crippen LogP contribution >= 0.6 is 0 Å². The van der Waals surface area contributed by atoms with E-state index in [0.29, 0.717) is 5.92 Å². The molecule has 0 aromatic carbocycles. The Morgan fingerprint density at radius 1 is 1.37 bits per heavy atom. The third kappa shape index (κ3) is 2.09. The Bertz CT molecular complexity index is 581. The Morgan fingerprint density at radius 2 is 2.11 bits per heavy atom. The summed E-state index contributed by atoms with van der Waals surface area (Å²) >= 11 is 0. The molecule has 1 aliphatic carbocycles. The number of hydrogen-bond donors (Lipinski definition) is 1. The van der Waals surface area contributed by atoms with Gasteiger partial charge in [0.2, 0.25) is 0 Å². The van der Waals surface area contributed by atoms with E-state index in [1.165, 1.54) is 31.4 Å². The fourth-order valence-corrected chi connectivity index (χ4v) is 3.20. The maximum atomic E-state index is 4.85. The third-order valence-corrected chi connectivity index (χ3v) is 4.50. The average molecular weight is 258 g/mol. The van der Waals surface area contributed by atoms with Crippen LogP contribution in [-0.2, 0) is 0 Å². The lowest BCUT2D eigenvalue weighted by Gasteiger charge is -2.19. The van der Waals surface area contributed by atoms with E-state index in [9.17, 15) is 0 Å². The van der Waals surface area contributed by atoms with Gasteiger partial charge in [-0.25, -0.2) is 4.98 Å². The van der Waals surface area contributed by atoms with E-state index in [0.717, 1.165) is 22.9 Å². The molecule has 0 unspecified atom stereocenters. The van der Waals surface area contributed by atoms with Crippen molar-refractivity contribution in [1.29, 1.82) is 0 Å². The van der Waals surface area contributed by atoms with Gasteiger partial charge in [0.25, 0.3) is 0 Å². The molecule has 4 nitrogen and oxygen atoms in total. The molecule has 2 heterocycles. The van der Waals surface area contributed by atoms with E-state index in [1.807, 2.05) is 17.8 Å². The molecule has 1 fully saturated rings. The summed E-state index contributed by atoms with van der Waals surface area (Å²) in [6.45, 7) is 4.39. The van der Waals surface area contributed by atoms with Crippen LogP contribution in [0.25, 0.3) is 5.65 Å². The van der Waals surface area contributed by atoms with Crippen molar-refractivity contribution in [3.63, 3.8) is 0 Å². The lowest BCUT2D eigenvalue weighted by Crippen LogP contribution is -2.11. The Labute approximate surface area is 114 Å². The van der Waals surface area contributed by atoms with Gasteiger partial charge in [0.15, 0.2) is 5.65 Å². The number of aryl methyl sites for hydroxylation is 1. The summed E-state index contributed by atoms with van der Waals surface area (Å²) in [6, 6.07) is 2.16. The van der Waals surface area contributed by atoms with Gasteiger partial charge in [-0.15, -0.1) is 0 Å². The number of nitrogens with one attached hydrogen (secondary N) is 1. The van der Waals surface area contributed by atoms with Gasteiger partial charge in [-0.2, -0.15) is 9.61 Å². The normalized spacial score (nSPS) is 18.1. The lowest BCUT2D eigenvalue weighted by molar-refractivity contribution is 0.453. The largest absolute Gasteiger partial charge is 0.373 e. The summed E-state index contributed by atoms with van der Waals surface area (Å²) in [6.07, 6.45) is 7.33. The van der Waals surface area contributed by atoms with Gasteiger partial charge in [-0.3, -0.25) is 0 Å². The fourth-order valence-electron chi connectivity index (χ4n) is 3.20. The van der Waals surface area contributed by atoms with E-state index in [2.05, 4.69) is 30.3 Å². The summed E-state index contributed by atoms with van der Waals surface area (Å²) in [5, 5.41) is 7.61. The Kier molecular flexibility index (Phi) is 3.17. The number of fused-ring (bicyclic) bond motifs is 1. The van der Waals surface area contributed by atoms with Crippen molar-refractivity contribution in [2.24, 2.45) is 5.92 Å². The molecule has 0 saturated heterocycles. The Morgan fingerprint density at radius 3 is 2.79 bits per heavy atom. The zero-order valence-electron chi connectivity index (χ0n) is 12.0. The van der Waals surface area contributed by atoms with Gasteiger partial charge >= 0.3 is 0 Å². The van der Waals surface area contributed by atoms with Crippen LogP contribution in [0.3, 0.4) is 0 Å². The standard InChI is InChI=1S/C15H22N4/c1-10-9-17-19-14(16-3)8-13(18-15(10)19)11(2)12-6-4-5-7-12/h8-9,11-12,16H,4-7H2,1-3H3/t11-/m1/s1. The number of anilines is 1. The van der Waals surface area contributed by atoms with Gasteiger partial charge in [0.1, 0.15) is 5.82 Å². The summed E-state index contributed by atoms with van der Waals surface area (Å²) in [5.74, 6) is 2.36. The second kappa shape index (κ2) is 4.83. The first kappa shape index (κ1) is 12.5. The molecule has 4 heteroatoms. The summed E-state index contributed by atoms with van der Waals surface area (Å²) in [4.78, 5) is 4.85. The maximum Gasteiger partial charge on any atom is 0.160 e. The van der Waals surface area contributed by atoms with E-state index >= 15 is 0 Å². The molecule has 1 saturated carbocycles. The van der Waals surface area contributed by atoms with Crippen molar-refractivity contribution in [2.75, 3.05) is 12.4 Å². The van der Waals surface area contributed by atoms with Crippen molar-refractivity contribution in [2.45, 2.75) is 45.4 Å². The second-order valence-electron chi connectivity index (χ2n) is 5.71. The zero-order chi connectivity index (χ0) is 13.4. The summed E-state index contributed by atoms with van der Waals surface area (Å²) in [5.41, 5.74) is 3.32. The molecule has 19 heavy (non-hydrogen) atoms. The van der Waals surface area contributed by atoms with E-state index in [4.69, 9.17) is 4.98 Å². The smallest absolute Gasteiger partial charge is 0.160 e. The van der Waals surface area contributed by atoms with Crippen LogP contribution in [0.4, 0.5) is 5.82 Å². The first-order valence-corrected chi connectivity index (χ1v) is 7.23. The molecule has 0 amide bonds. The highest BCUT2D eigenvalue weighted by Crippen LogP contribution is 2.37. The number of hydrogen-bond acceptors (Lipinski definition) is 3. The molecule has 102 valence electrons. The van der Waals surface area contributed by atoms with Crippen molar-refractivity contribution in [3.8, 4) is 0 Å². The minimum Gasteiger partial charge on any atom is -0.373 e. The van der Waals surface area contributed by atoms with E-state index in [-0.39, 0.29) is 0 Å². The Hall–Kier alpha value is -1.58. The fraction of sp³-hybridized carbons (Fsp3) is 0.600. The Balaban J connectivity index is 2.05. The van der Waals surface area contributed by atoms with Crippen molar-refractivity contribution < 1.29 is 0 Å². The molecule has 1 atom stereocenters. The quantitative estimate of drug-likeness (QED) is 0.917. The average Bonchev–Trinajstić information content (AvgIpc) is 3.07. The highest BCUT2D eigenvalue weighted by atomic mass is 15.3. The van der Waals surface area contributed by atoms with Crippen LogP contribution in [0, 0.1) is 12.8 Å². The highest BCUT2D eigenvalue weighted by molar-refractivity contribution is 5.54. The van der Waals surface area contributed by atoms with Gasteiger partial charge in [-0.1, -0.05) is 19.8 Å². The van der Waals surface area contributed by atoms with Crippen molar-refractivity contribution >= 4 is 11.5 Å². The highest BCUT2D eigenvalue weighted by Gasteiger charge is 2.24. The van der Waals surface area contributed by atoms with Gasteiger partial charge < -0.3 is 5.32 Å². The predicted octanol–water partition coefficient (Wildman–Crippen LogP) is 3.37. The van der Waals surface area contributed by atoms with Crippen molar-refractivity contribution in [1.82, 2.24) is 14.6 Å². The number of aromatic nitrogens is 3. The molecule has 1 aliphatic rings. The molecule has 0 aliphatic heterocycles. The number of rotatable bonds is 3. The maximum absolute atomic E-state index is 4.85. The molecular formula is C15H22N4. The molecule has 0 bridgehead atoms. The molecule has 3 rings (SSSR count). The minimum absolute atomic E-state index is 0.536. The summed E-state index contributed by atoms with van der Waals surface area (Å²) in [7, 11) is 1.94. The van der Waals surface area contributed by atoms with Crippen molar-refractivity contribution in [3.05, 3.63) is 23.5 Å². The number of nitrogens with zero attached hydrogens (tertiary/aromatic N) is 3. The van der Waals surface area contributed by atoms with Crippen LogP contribution in [0.5, 0.6) is 0 Å². The molecular weight excluding hydrogens is 236 g/mol. The van der Waals surface area contributed by atoms with Gasteiger partial charge in [0, 0.05) is 30.3 Å². The third-order valence-electron chi connectivity index (χ3n) is 4.50. The van der Waals surface area contributed by atoms with Crippen LogP contribution in [-0.4, -0.2) is 21.6 Å². The molecule has 0 radical (unpaired) electrons. The molecule has 0 spiro atoms. The van der Waals surface area contributed by atoms with Crippen LogP contribution in [0.1, 0.15) is 49.8 Å².